The number of benzene rings is 1. The van der Waals surface area contributed by atoms with Crippen LogP contribution in [0.5, 0.6) is 0 Å². The Morgan fingerprint density at radius 2 is 1.79 bits per heavy atom. The van der Waals surface area contributed by atoms with Crippen molar-refractivity contribution in [1.29, 1.82) is 0 Å². The van der Waals surface area contributed by atoms with Crippen LogP contribution in [0.3, 0.4) is 0 Å². The summed E-state index contributed by atoms with van der Waals surface area (Å²) < 4.78 is 27.7. The van der Waals surface area contributed by atoms with Crippen LogP contribution in [0.15, 0.2) is 41.1 Å². The highest BCUT2D eigenvalue weighted by Gasteiger charge is 2.28. The molecule has 1 unspecified atom stereocenters. The maximum atomic E-state index is 13.8. The van der Waals surface area contributed by atoms with E-state index < -0.39 is 35.1 Å². The smallest absolute Gasteiger partial charge is 0.257 e. The van der Waals surface area contributed by atoms with Gasteiger partial charge >= 0.3 is 0 Å². The molecule has 3 aromatic rings. The van der Waals surface area contributed by atoms with Crippen LogP contribution in [-0.2, 0) is 4.79 Å². The third-order valence-electron chi connectivity index (χ3n) is 3.93. The first-order chi connectivity index (χ1) is 13.4. The van der Waals surface area contributed by atoms with Gasteiger partial charge in [0.2, 0.25) is 5.91 Å². The number of halogens is 2. The molecule has 2 amide bonds. The van der Waals surface area contributed by atoms with Gasteiger partial charge in [-0.3, -0.25) is 9.59 Å². The molecule has 0 bridgehead atoms. The number of anilines is 1. The molecular weight excluding hydrogens is 404 g/mol. The Bertz CT molecular complexity index is 967. The molecule has 2 heterocycles. The highest BCUT2D eigenvalue weighted by atomic mass is 32.1. The molecule has 146 valence electrons. The molecule has 9 heteroatoms. The van der Waals surface area contributed by atoms with Crippen LogP contribution in [0.25, 0.3) is 10.6 Å². The lowest BCUT2D eigenvalue weighted by molar-refractivity contribution is -0.118. The Labute approximate surface area is 168 Å². The molecular formula is C19H17F2N3O2S2. The number of thiazole rings is 1. The number of hydrogen-bond acceptors (Lipinski definition) is 5. The van der Waals surface area contributed by atoms with Crippen molar-refractivity contribution in [2.24, 2.45) is 5.92 Å². The Morgan fingerprint density at radius 3 is 2.39 bits per heavy atom. The van der Waals surface area contributed by atoms with Crippen LogP contribution in [-0.4, -0.2) is 22.8 Å². The summed E-state index contributed by atoms with van der Waals surface area (Å²) in [6.07, 6.45) is 0. The fourth-order valence-corrected chi connectivity index (χ4v) is 3.99. The first kappa shape index (κ1) is 20.1. The highest BCUT2D eigenvalue weighted by molar-refractivity contribution is 7.16. The summed E-state index contributed by atoms with van der Waals surface area (Å²) in [6, 6.07) is 5.99. The van der Waals surface area contributed by atoms with Crippen LogP contribution < -0.4 is 10.6 Å². The average molecular weight is 421 g/mol. The van der Waals surface area contributed by atoms with Crippen molar-refractivity contribution >= 4 is 39.6 Å². The maximum Gasteiger partial charge on any atom is 0.257 e. The van der Waals surface area contributed by atoms with Gasteiger partial charge in [0.15, 0.2) is 5.13 Å². The molecule has 0 aliphatic rings. The number of carbonyl (C=O) groups excluding carboxylic acids is 2. The van der Waals surface area contributed by atoms with Gasteiger partial charge in [-0.25, -0.2) is 13.8 Å². The third-order valence-corrected chi connectivity index (χ3v) is 5.58. The number of rotatable bonds is 6. The predicted octanol–water partition coefficient (Wildman–Crippen LogP) is 4.54. The number of aromatic nitrogens is 1. The summed E-state index contributed by atoms with van der Waals surface area (Å²) in [4.78, 5) is 30.3. The summed E-state index contributed by atoms with van der Waals surface area (Å²) in [5, 5.41) is 9.21. The molecule has 2 aromatic heterocycles. The lowest BCUT2D eigenvalue weighted by Gasteiger charge is -2.21. The molecule has 0 fully saturated rings. The van der Waals surface area contributed by atoms with Crippen molar-refractivity contribution in [3.05, 3.63) is 58.3 Å². The van der Waals surface area contributed by atoms with E-state index in [4.69, 9.17) is 0 Å². The average Bonchev–Trinajstić information content (AvgIpc) is 3.30. The van der Waals surface area contributed by atoms with Gasteiger partial charge in [0, 0.05) is 5.38 Å². The monoisotopic (exact) mass is 421 g/mol. The standard InChI is InChI=1S/C19H17F2N3O2S2/c1-10(2)16(23-17(25)15-11(20)5-3-6-12(15)21)18(26)24-19-22-13(9-28-19)14-7-4-8-27-14/h3-10,16H,1-2H3,(H,23,25)(H,22,24,26). The summed E-state index contributed by atoms with van der Waals surface area (Å²) in [6.45, 7) is 3.45. The summed E-state index contributed by atoms with van der Waals surface area (Å²) in [5.74, 6) is -3.77. The number of thiophene rings is 1. The van der Waals surface area contributed by atoms with Crippen molar-refractivity contribution in [2.45, 2.75) is 19.9 Å². The van der Waals surface area contributed by atoms with E-state index in [1.165, 1.54) is 28.7 Å². The molecule has 3 rings (SSSR count). The van der Waals surface area contributed by atoms with Crippen molar-refractivity contribution in [2.75, 3.05) is 5.32 Å². The largest absolute Gasteiger partial charge is 0.340 e. The fourth-order valence-electron chi connectivity index (χ4n) is 2.51. The van der Waals surface area contributed by atoms with Crippen molar-refractivity contribution in [3.8, 4) is 10.6 Å². The number of amides is 2. The first-order valence-electron chi connectivity index (χ1n) is 8.42. The molecule has 0 saturated heterocycles. The Kier molecular flexibility index (Phi) is 6.15. The number of nitrogens with one attached hydrogen (secondary N) is 2. The Morgan fingerprint density at radius 1 is 1.07 bits per heavy atom. The molecule has 1 atom stereocenters. The molecule has 0 spiro atoms. The number of nitrogens with zero attached hydrogens (tertiary/aromatic N) is 1. The first-order valence-corrected chi connectivity index (χ1v) is 10.2. The van der Waals surface area contributed by atoms with Gasteiger partial charge in [0.05, 0.1) is 10.6 Å². The van der Waals surface area contributed by atoms with Gasteiger partial charge in [-0.2, -0.15) is 0 Å². The SMILES string of the molecule is CC(C)C(NC(=O)c1c(F)cccc1F)C(=O)Nc1nc(-c2cccs2)cs1. The molecule has 0 saturated carbocycles. The van der Waals surface area contributed by atoms with Crippen molar-refractivity contribution in [3.63, 3.8) is 0 Å². The summed E-state index contributed by atoms with van der Waals surface area (Å²) >= 11 is 2.79. The number of carbonyl (C=O) groups is 2. The highest BCUT2D eigenvalue weighted by Crippen LogP contribution is 2.28. The van der Waals surface area contributed by atoms with Gasteiger partial charge in [-0.15, -0.1) is 22.7 Å². The van der Waals surface area contributed by atoms with Gasteiger partial charge in [0.25, 0.3) is 5.91 Å². The van der Waals surface area contributed by atoms with Crippen LogP contribution in [0.4, 0.5) is 13.9 Å². The van der Waals surface area contributed by atoms with E-state index in [0.29, 0.717) is 5.13 Å². The Hall–Kier alpha value is -2.65. The van der Waals surface area contributed by atoms with E-state index in [9.17, 15) is 18.4 Å². The normalized spacial score (nSPS) is 12.0. The zero-order valence-electron chi connectivity index (χ0n) is 15.0. The maximum absolute atomic E-state index is 13.8. The van der Waals surface area contributed by atoms with Gasteiger partial charge in [0.1, 0.15) is 23.2 Å². The molecule has 0 aliphatic carbocycles. The molecule has 1 aromatic carbocycles. The number of hydrogen-bond donors (Lipinski definition) is 2. The lowest BCUT2D eigenvalue weighted by atomic mass is 10.0. The molecule has 0 radical (unpaired) electrons. The zero-order valence-corrected chi connectivity index (χ0v) is 16.7. The topological polar surface area (TPSA) is 71.1 Å². The van der Waals surface area contributed by atoms with Crippen LogP contribution >= 0.6 is 22.7 Å². The minimum atomic E-state index is -0.986. The van der Waals surface area contributed by atoms with Crippen molar-refractivity contribution in [1.82, 2.24) is 10.3 Å². The van der Waals surface area contributed by atoms with E-state index in [-0.39, 0.29) is 5.92 Å². The van der Waals surface area contributed by atoms with E-state index in [2.05, 4.69) is 15.6 Å². The zero-order chi connectivity index (χ0) is 20.3. The van der Waals surface area contributed by atoms with E-state index >= 15 is 0 Å². The van der Waals surface area contributed by atoms with Gasteiger partial charge < -0.3 is 10.6 Å². The second-order valence-corrected chi connectivity index (χ2v) is 8.10. The summed E-state index contributed by atoms with van der Waals surface area (Å²) in [7, 11) is 0. The predicted molar refractivity (Wildman–Crippen MR) is 107 cm³/mol. The van der Waals surface area contributed by atoms with Crippen molar-refractivity contribution < 1.29 is 18.4 Å². The van der Waals surface area contributed by atoms with Crippen LogP contribution in [0, 0.1) is 17.6 Å². The van der Waals surface area contributed by atoms with Crippen LogP contribution in [0.2, 0.25) is 0 Å². The Balaban J connectivity index is 1.73. The van der Waals surface area contributed by atoms with E-state index in [1.807, 2.05) is 22.9 Å². The lowest BCUT2D eigenvalue weighted by Crippen LogP contribution is -2.47. The minimum Gasteiger partial charge on any atom is -0.340 e. The quantitative estimate of drug-likeness (QED) is 0.614. The summed E-state index contributed by atoms with van der Waals surface area (Å²) in [5.41, 5.74) is 0.0315. The van der Waals surface area contributed by atoms with Crippen LogP contribution in [0.1, 0.15) is 24.2 Å². The fraction of sp³-hybridized carbons (Fsp3) is 0.211. The molecule has 0 aliphatic heterocycles. The second kappa shape index (κ2) is 8.57. The van der Waals surface area contributed by atoms with Gasteiger partial charge in [-0.05, 0) is 29.5 Å². The second-order valence-electron chi connectivity index (χ2n) is 6.30. The van der Waals surface area contributed by atoms with E-state index in [0.717, 1.165) is 22.7 Å². The molecule has 28 heavy (non-hydrogen) atoms. The molecule has 5 nitrogen and oxygen atoms in total. The van der Waals surface area contributed by atoms with Gasteiger partial charge in [-0.1, -0.05) is 26.0 Å². The third kappa shape index (κ3) is 4.42. The molecule has 2 N–H and O–H groups in total. The minimum absolute atomic E-state index is 0.310. The van der Waals surface area contributed by atoms with E-state index in [1.54, 1.807) is 13.8 Å².